The molecule has 1 rings (SSSR count). The van der Waals surface area contributed by atoms with Crippen LogP contribution in [0.4, 0.5) is 0 Å². The maximum Gasteiger partial charge on any atom is 0.100 e. The quantitative estimate of drug-likeness (QED) is 0.707. The second-order valence-electron chi connectivity index (χ2n) is 4.63. The second-order valence-corrected chi connectivity index (χ2v) is 4.63. The summed E-state index contributed by atoms with van der Waals surface area (Å²) in [5.41, 5.74) is 0. The molecule has 0 aromatic carbocycles. The van der Waals surface area contributed by atoms with Gasteiger partial charge in [-0.1, -0.05) is 0 Å². The highest BCUT2D eigenvalue weighted by molar-refractivity contribution is 4.83. The lowest BCUT2D eigenvalue weighted by Crippen LogP contribution is -2.46. The monoisotopic (exact) mass is 217 g/mol. The Morgan fingerprint density at radius 2 is 1.87 bits per heavy atom. The molecule has 0 aromatic rings. The molecule has 0 bridgehead atoms. The highest BCUT2D eigenvalue weighted by Crippen LogP contribution is 2.23. The Morgan fingerprint density at radius 3 is 2.33 bits per heavy atom. The van der Waals surface area contributed by atoms with Crippen LogP contribution in [-0.2, 0) is 4.74 Å². The standard InChI is InChI=1S/C11H23NO3/c1-8-4-11(5-9(2)12(8)3)15-7-10(14)6-13/h8-11,13-14H,4-7H2,1-3H3. The number of rotatable bonds is 4. The fourth-order valence-corrected chi connectivity index (χ4v) is 2.06. The third-order valence-corrected chi connectivity index (χ3v) is 3.33. The molecule has 0 amide bonds. The molecule has 1 fully saturated rings. The molecule has 2 N–H and O–H groups in total. The minimum atomic E-state index is -0.740. The van der Waals surface area contributed by atoms with Crippen LogP contribution in [0.15, 0.2) is 0 Å². The fraction of sp³-hybridized carbons (Fsp3) is 1.00. The first kappa shape index (κ1) is 12.9. The topological polar surface area (TPSA) is 52.9 Å². The predicted molar refractivity (Wildman–Crippen MR) is 58.8 cm³/mol. The number of aliphatic hydroxyl groups is 2. The van der Waals surface area contributed by atoms with Crippen molar-refractivity contribution in [3.63, 3.8) is 0 Å². The summed E-state index contributed by atoms with van der Waals surface area (Å²) in [5, 5.41) is 17.9. The van der Waals surface area contributed by atoms with E-state index in [1.807, 2.05) is 0 Å². The zero-order valence-corrected chi connectivity index (χ0v) is 9.89. The molecule has 1 aliphatic heterocycles. The SMILES string of the molecule is CC1CC(OCC(O)CO)CC(C)N1C. The van der Waals surface area contributed by atoms with E-state index < -0.39 is 6.10 Å². The Labute approximate surface area is 91.8 Å². The van der Waals surface area contributed by atoms with Gasteiger partial charge in [0.2, 0.25) is 0 Å². The van der Waals surface area contributed by atoms with Gasteiger partial charge in [0.15, 0.2) is 0 Å². The average molecular weight is 217 g/mol. The largest absolute Gasteiger partial charge is 0.394 e. The molecule has 15 heavy (non-hydrogen) atoms. The number of hydrogen-bond donors (Lipinski definition) is 2. The summed E-state index contributed by atoms with van der Waals surface area (Å²) in [5.74, 6) is 0. The molecule has 90 valence electrons. The zero-order valence-electron chi connectivity index (χ0n) is 9.89. The molecule has 4 heteroatoms. The van der Waals surface area contributed by atoms with Crippen molar-refractivity contribution in [2.45, 2.75) is 51.0 Å². The number of aliphatic hydroxyl groups excluding tert-OH is 2. The fourth-order valence-electron chi connectivity index (χ4n) is 2.06. The van der Waals surface area contributed by atoms with E-state index in [1.165, 1.54) is 0 Å². The molecule has 0 spiro atoms. The molecule has 3 atom stereocenters. The van der Waals surface area contributed by atoms with Crippen molar-refractivity contribution in [2.75, 3.05) is 20.3 Å². The van der Waals surface area contributed by atoms with Crippen molar-refractivity contribution in [1.29, 1.82) is 0 Å². The number of hydrogen-bond acceptors (Lipinski definition) is 4. The van der Waals surface area contributed by atoms with E-state index in [9.17, 15) is 5.11 Å². The second kappa shape index (κ2) is 5.80. The van der Waals surface area contributed by atoms with Crippen LogP contribution >= 0.6 is 0 Å². The molecular weight excluding hydrogens is 194 g/mol. The van der Waals surface area contributed by atoms with Crippen LogP contribution in [0.1, 0.15) is 26.7 Å². The van der Waals surface area contributed by atoms with E-state index in [0.29, 0.717) is 12.1 Å². The summed E-state index contributed by atoms with van der Waals surface area (Å²) in [7, 11) is 2.13. The van der Waals surface area contributed by atoms with E-state index in [-0.39, 0.29) is 19.3 Å². The Hall–Kier alpha value is -0.160. The van der Waals surface area contributed by atoms with Gasteiger partial charge in [-0.25, -0.2) is 0 Å². The van der Waals surface area contributed by atoms with E-state index in [0.717, 1.165) is 12.8 Å². The number of ether oxygens (including phenoxy) is 1. The van der Waals surface area contributed by atoms with E-state index in [4.69, 9.17) is 9.84 Å². The summed E-state index contributed by atoms with van der Waals surface area (Å²) in [6, 6.07) is 1.04. The van der Waals surface area contributed by atoms with Crippen molar-refractivity contribution in [3.05, 3.63) is 0 Å². The zero-order chi connectivity index (χ0) is 11.4. The first-order chi connectivity index (χ1) is 7.04. The molecule has 4 nitrogen and oxygen atoms in total. The summed E-state index contributed by atoms with van der Waals surface area (Å²) < 4.78 is 5.59. The van der Waals surface area contributed by atoms with Crippen LogP contribution in [0.3, 0.4) is 0 Å². The normalized spacial score (nSPS) is 35.4. The summed E-state index contributed by atoms with van der Waals surface area (Å²) in [4.78, 5) is 2.35. The summed E-state index contributed by atoms with van der Waals surface area (Å²) in [6.45, 7) is 4.39. The molecule has 1 saturated heterocycles. The predicted octanol–water partition coefficient (Wildman–Crippen LogP) is 0.227. The molecule has 3 unspecified atom stereocenters. The lowest BCUT2D eigenvalue weighted by Gasteiger charge is -2.40. The molecular formula is C11H23NO3. The van der Waals surface area contributed by atoms with Crippen molar-refractivity contribution < 1.29 is 14.9 Å². The van der Waals surface area contributed by atoms with Gasteiger partial charge in [0.05, 0.1) is 19.3 Å². The van der Waals surface area contributed by atoms with Gasteiger partial charge in [0.1, 0.15) is 6.10 Å². The average Bonchev–Trinajstić information content (AvgIpc) is 2.22. The Bertz CT molecular complexity index is 177. The third kappa shape index (κ3) is 3.72. The number of piperidine rings is 1. The molecule has 1 aliphatic rings. The van der Waals surface area contributed by atoms with Crippen molar-refractivity contribution in [3.8, 4) is 0 Å². The lowest BCUT2D eigenvalue weighted by atomic mass is 9.95. The minimum Gasteiger partial charge on any atom is -0.394 e. The highest BCUT2D eigenvalue weighted by atomic mass is 16.5. The van der Waals surface area contributed by atoms with Crippen molar-refractivity contribution in [2.24, 2.45) is 0 Å². The van der Waals surface area contributed by atoms with Gasteiger partial charge in [-0.15, -0.1) is 0 Å². The van der Waals surface area contributed by atoms with Gasteiger partial charge in [-0.2, -0.15) is 0 Å². The van der Waals surface area contributed by atoms with Crippen LogP contribution < -0.4 is 0 Å². The molecule has 0 aromatic heterocycles. The van der Waals surface area contributed by atoms with Crippen molar-refractivity contribution >= 4 is 0 Å². The smallest absolute Gasteiger partial charge is 0.100 e. The first-order valence-electron chi connectivity index (χ1n) is 5.67. The Balaban J connectivity index is 2.31. The minimum absolute atomic E-state index is 0.215. The first-order valence-corrected chi connectivity index (χ1v) is 5.67. The highest BCUT2D eigenvalue weighted by Gasteiger charge is 2.28. The van der Waals surface area contributed by atoms with E-state index in [1.54, 1.807) is 0 Å². The molecule has 1 heterocycles. The van der Waals surface area contributed by atoms with Gasteiger partial charge in [-0.3, -0.25) is 0 Å². The third-order valence-electron chi connectivity index (χ3n) is 3.33. The van der Waals surface area contributed by atoms with Gasteiger partial charge < -0.3 is 19.8 Å². The van der Waals surface area contributed by atoms with Crippen molar-refractivity contribution in [1.82, 2.24) is 4.90 Å². The van der Waals surface area contributed by atoms with Gasteiger partial charge >= 0.3 is 0 Å². The van der Waals surface area contributed by atoms with Gasteiger partial charge in [0.25, 0.3) is 0 Å². The van der Waals surface area contributed by atoms with E-state index in [2.05, 4.69) is 25.8 Å². The van der Waals surface area contributed by atoms with Crippen LogP contribution in [0.25, 0.3) is 0 Å². The number of nitrogens with zero attached hydrogens (tertiary/aromatic N) is 1. The Morgan fingerprint density at radius 1 is 1.33 bits per heavy atom. The van der Waals surface area contributed by atoms with Gasteiger partial charge in [-0.05, 0) is 33.7 Å². The van der Waals surface area contributed by atoms with Crippen LogP contribution in [0.5, 0.6) is 0 Å². The maximum absolute atomic E-state index is 9.19. The Kier molecular flexibility index (Phi) is 4.99. The lowest BCUT2D eigenvalue weighted by molar-refractivity contribution is -0.0652. The summed E-state index contributed by atoms with van der Waals surface area (Å²) >= 11 is 0. The van der Waals surface area contributed by atoms with Crippen LogP contribution in [0, 0.1) is 0 Å². The molecule has 0 saturated carbocycles. The molecule has 0 aliphatic carbocycles. The van der Waals surface area contributed by atoms with Crippen LogP contribution in [-0.4, -0.2) is 59.7 Å². The maximum atomic E-state index is 9.19. The van der Waals surface area contributed by atoms with E-state index >= 15 is 0 Å². The van der Waals surface area contributed by atoms with Crippen LogP contribution in [0.2, 0.25) is 0 Å². The van der Waals surface area contributed by atoms with Gasteiger partial charge in [0, 0.05) is 12.1 Å². The molecule has 0 radical (unpaired) electrons. The number of likely N-dealkylation sites (tertiary alicyclic amines) is 1. The summed E-state index contributed by atoms with van der Waals surface area (Å²) in [6.07, 6.45) is 1.47.